The van der Waals surface area contributed by atoms with Crippen LogP contribution in [-0.4, -0.2) is 12.1 Å². The van der Waals surface area contributed by atoms with Crippen LogP contribution in [-0.2, 0) is 6.61 Å². The van der Waals surface area contributed by atoms with Crippen LogP contribution in [0.3, 0.4) is 0 Å². The zero-order valence-corrected chi connectivity index (χ0v) is 14.8. The van der Waals surface area contributed by atoms with Gasteiger partial charge in [-0.15, -0.1) is 0 Å². The maximum Gasteiger partial charge on any atom is 0.271 e. The van der Waals surface area contributed by atoms with Crippen LogP contribution >= 0.6 is 0 Å². The molecule has 0 unspecified atom stereocenters. The van der Waals surface area contributed by atoms with Gasteiger partial charge < -0.3 is 4.74 Å². The summed E-state index contributed by atoms with van der Waals surface area (Å²) < 4.78 is 18.6. The van der Waals surface area contributed by atoms with Crippen molar-refractivity contribution >= 4 is 12.1 Å². The van der Waals surface area contributed by atoms with Crippen molar-refractivity contribution in [3.8, 4) is 11.8 Å². The summed E-state index contributed by atoms with van der Waals surface area (Å²) in [5, 5.41) is 12.7. The Bertz CT molecular complexity index is 1010. The molecule has 3 aromatic carbocycles. The molecule has 1 amide bonds. The molecule has 0 fully saturated rings. The van der Waals surface area contributed by atoms with Crippen molar-refractivity contribution in [1.82, 2.24) is 5.43 Å². The van der Waals surface area contributed by atoms with E-state index in [9.17, 15) is 9.18 Å². The van der Waals surface area contributed by atoms with Crippen LogP contribution in [0.4, 0.5) is 4.39 Å². The van der Waals surface area contributed by atoms with E-state index < -0.39 is 11.7 Å². The molecule has 0 saturated heterocycles. The van der Waals surface area contributed by atoms with E-state index in [2.05, 4.69) is 16.6 Å². The Morgan fingerprint density at radius 2 is 1.71 bits per heavy atom. The van der Waals surface area contributed by atoms with Crippen LogP contribution in [0.25, 0.3) is 0 Å². The Hall–Kier alpha value is -3.98. The molecule has 0 atom stereocenters. The van der Waals surface area contributed by atoms with Crippen LogP contribution < -0.4 is 10.2 Å². The molecule has 138 valence electrons. The van der Waals surface area contributed by atoms with Crippen LogP contribution in [0, 0.1) is 17.1 Å². The molecular formula is C22H16FN3O2. The second-order valence-corrected chi connectivity index (χ2v) is 5.87. The minimum absolute atomic E-state index is 0.324. The van der Waals surface area contributed by atoms with Crippen molar-refractivity contribution in [2.24, 2.45) is 5.10 Å². The lowest BCUT2D eigenvalue weighted by molar-refractivity contribution is 0.0955. The Morgan fingerprint density at radius 3 is 2.36 bits per heavy atom. The molecule has 28 heavy (non-hydrogen) atoms. The molecule has 1 N–H and O–H groups in total. The smallest absolute Gasteiger partial charge is 0.271 e. The van der Waals surface area contributed by atoms with E-state index >= 15 is 0 Å². The van der Waals surface area contributed by atoms with Gasteiger partial charge in [-0.25, -0.2) is 9.82 Å². The Kier molecular flexibility index (Phi) is 6.11. The van der Waals surface area contributed by atoms with Gasteiger partial charge in [0.1, 0.15) is 18.2 Å². The molecule has 0 spiro atoms. The minimum Gasteiger partial charge on any atom is -0.489 e. The summed E-state index contributed by atoms with van der Waals surface area (Å²) in [7, 11) is 0. The molecule has 0 saturated carbocycles. The first-order chi connectivity index (χ1) is 13.6. The number of nitrogens with zero attached hydrogens (tertiary/aromatic N) is 2. The maximum atomic E-state index is 12.9. The second kappa shape index (κ2) is 9.10. The molecule has 0 aliphatic heterocycles. The highest BCUT2D eigenvalue weighted by Crippen LogP contribution is 2.14. The third kappa shape index (κ3) is 5.26. The Balaban J connectivity index is 1.50. The van der Waals surface area contributed by atoms with Crippen LogP contribution in [0.15, 0.2) is 77.9 Å². The van der Waals surface area contributed by atoms with Crippen LogP contribution in [0.5, 0.6) is 5.75 Å². The molecule has 0 aromatic heterocycles. The van der Waals surface area contributed by atoms with E-state index in [4.69, 9.17) is 10.00 Å². The van der Waals surface area contributed by atoms with Gasteiger partial charge in [-0.05, 0) is 71.8 Å². The molecule has 0 heterocycles. The average Bonchev–Trinajstić information content (AvgIpc) is 2.74. The molecule has 0 radical (unpaired) electrons. The van der Waals surface area contributed by atoms with Crippen molar-refractivity contribution in [2.45, 2.75) is 6.61 Å². The zero-order valence-electron chi connectivity index (χ0n) is 14.8. The number of nitriles is 1. The van der Waals surface area contributed by atoms with Gasteiger partial charge in [0.15, 0.2) is 0 Å². The van der Waals surface area contributed by atoms with Crippen molar-refractivity contribution in [3.63, 3.8) is 0 Å². The molecule has 6 heteroatoms. The monoisotopic (exact) mass is 373 g/mol. The van der Waals surface area contributed by atoms with Gasteiger partial charge in [0.25, 0.3) is 5.91 Å². The predicted octanol–water partition coefficient (Wildman–Crippen LogP) is 4.04. The van der Waals surface area contributed by atoms with Gasteiger partial charge in [-0.2, -0.15) is 10.4 Å². The van der Waals surface area contributed by atoms with Crippen molar-refractivity contribution in [2.75, 3.05) is 0 Å². The highest BCUT2D eigenvalue weighted by atomic mass is 19.1. The summed E-state index contributed by atoms with van der Waals surface area (Å²) in [5.74, 6) is -0.128. The number of hydrazone groups is 1. The third-order valence-corrected chi connectivity index (χ3v) is 3.85. The van der Waals surface area contributed by atoms with Gasteiger partial charge >= 0.3 is 0 Å². The average molecular weight is 373 g/mol. The summed E-state index contributed by atoms with van der Waals surface area (Å²) in [6, 6.07) is 21.7. The van der Waals surface area contributed by atoms with Gasteiger partial charge in [-0.1, -0.05) is 12.1 Å². The number of halogens is 1. The lowest BCUT2D eigenvalue weighted by Crippen LogP contribution is -2.17. The first kappa shape index (κ1) is 18.8. The molecule has 0 aliphatic rings. The SMILES string of the molecule is N#Cc1ccc(COc2ccc(/C=N\NC(=O)c3ccc(F)cc3)cc2)cc1. The highest BCUT2D eigenvalue weighted by Gasteiger charge is 2.03. The van der Waals surface area contributed by atoms with Crippen LogP contribution in [0.2, 0.25) is 0 Å². The first-order valence-corrected chi connectivity index (χ1v) is 8.45. The summed E-state index contributed by atoms with van der Waals surface area (Å²) in [4.78, 5) is 11.9. The summed E-state index contributed by atoms with van der Waals surface area (Å²) in [6.45, 7) is 0.396. The van der Waals surface area contributed by atoms with E-state index in [-0.39, 0.29) is 0 Å². The van der Waals surface area contributed by atoms with Crippen molar-refractivity contribution < 1.29 is 13.9 Å². The fourth-order valence-corrected chi connectivity index (χ4v) is 2.32. The van der Waals surface area contributed by atoms with E-state index in [0.29, 0.717) is 23.5 Å². The number of rotatable bonds is 6. The van der Waals surface area contributed by atoms with Gasteiger partial charge in [0.05, 0.1) is 17.8 Å². The summed E-state index contributed by atoms with van der Waals surface area (Å²) in [6.07, 6.45) is 1.51. The molecule has 5 nitrogen and oxygen atoms in total. The fourth-order valence-electron chi connectivity index (χ4n) is 2.32. The largest absolute Gasteiger partial charge is 0.489 e. The minimum atomic E-state index is -0.418. The molecule has 3 aromatic rings. The predicted molar refractivity (Wildman–Crippen MR) is 103 cm³/mol. The van der Waals surface area contributed by atoms with Gasteiger partial charge in [0, 0.05) is 5.56 Å². The van der Waals surface area contributed by atoms with E-state index in [0.717, 1.165) is 11.1 Å². The number of nitrogens with one attached hydrogen (secondary N) is 1. The molecule has 0 bridgehead atoms. The topological polar surface area (TPSA) is 74.5 Å². The summed E-state index contributed by atoms with van der Waals surface area (Å²) >= 11 is 0. The lowest BCUT2D eigenvalue weighted by Gasteiger charge is -2.06. The Morgan fingerprint density at radius 1 is 1.04 bits per heavy atom. The standard InChI is InChI=1S/C22H16FN3O2/c23-20-9-7-19(8-10-20)22(27)26-25-14-17-5-11-21(12-6-17)28-15-18-3-1-16(13-24)2-4-18/h1-12,14H,15H2,(H,26,27)/b25-14-. The number of benzene rings is 3. The quantitative estimate of drug-likeness (QED) is 0.523. The number of carbonyl (C=O) groups excluding carboxylic acids is 1. The molecule has 3 rings (SSSR count). The van der Waals surface area contributed by atoms with Gasteiger partial charge in [0.2, 0.25) is 0 Å². The molecular weight excluding hydrogens is 357 g/mol. The number of ether oxygens (including phenoxy) is 1. The fraction of sp³-hybridized carbons (Fsp3) is 0.0455. The molecule has 0 aliphatic carbocycles. The number of hydrogen-bond acceptors (Lipinski definition) is 4. The van der Waals surface area contributed by atoms with Crippen LogP contribution in [0.1, 0.15) is 27.0 Å². The first-order valence-electron chi connectivity index (χ1n) is 8.45. The Labute approximate surface area is 161 Å². The van der Waals surface area contributed by atoms with E-state index in [1.54, 1.807) is 24.3 Å². The third-order valence-electron chi connectivity index (χ3n) is 3.85. The van der Waals surface area contributed by atoms with Gasteiger partial charge in [-0.3, -0.25) is 4.79 Å². The van der Waals surface area contributed by atoms with E-state index in [1.807, 2.05) is 24.3 Å². The lowest BCUT2D eigenvalue weighted by atomic mass is 10.1. The summed E-state index contributed by atoms with van der Waals surface area (Å²) in [5.41, 5.74) is 5.07. The maximum absolute atomic E-state index is 12.9. The second-order valence-electron chi connectivity index (χ2n) is 5.87. The normalized spacial score (nSPS) is 10.4. The zero-order chi connectivity index (χ0) is 19.8. The van der Waals surface area contributed by atoms with Crippen molar-refractivity contribution in [1.29, 1.82) is 5.26 Å². The number of carbonyl (C=O) groups is 1. The number of hydrogen-bond donors (Lipinski definition) is 1. The number of amides is 1. The van der Waals surface area contributed by atoms with Crippen molar-refractivity contribution in [3.05, 3.63) is 101 Å². The van der Waals surface area contributed by atoms with E-state index in [1.165, 1.54) is 30.5 Å². The highest BCUT2D eigenvalue weighted by molar-refractivity contribution is 5.94.